The van der Waals surface area contributed by atoms with E-state index in [1.165, 1.54) is 25.8 Å². The van der Waals surface area contributed by atoms with Gasteiger partial charge in [-0.25, -0.2) is 4.79 Å². The fourth-order valence-electron chi connectivity index (χ4n) is 6.01. The van der Waals surface area contributed by atoms with Crippen LogP contribution in [0.3, 0.4) is 0 Å². The highest BCUT2D eigenvalue weighted by Crippen LogP contribution is 2.44. The predicted molar refractivity (Wildman–Crippen MR) is 147 cm³/mol. The van der Waals surface area contributed by atoms with E-state index in [0.29, 0.717) is 6.42 Å². The summed E-state index contributed by atoms with van der Waals surface area (Å²) in [5.74, 6) is -1.03. The standard InChI is InChI=1S/C32H35NO6/c1-21(34)37-20-30-31(39-22(2)35)17-16-24(18-23-10-4-3-5-11-23)33(30)32(36)38-19-29-27-14-8-6-12-25(27)26-13-7-9-15-28(26)29/h6-10,12-17,24,29-31H,3-5,11,18-20H2,1-2H3/t24-,30+,31-/m0/s1. The summed E-state index contributed by atoms with van der Waals surface area (Å²) >= 11 is 0. The molecule has 7 heteroatoms. The third kappa shape index (κ3) is 5.92. The highest BCUT2D eigenvalue weighted by atomic mass is 16.6. The third-order valence-corrected chi connectivity index (χ3v) is 7.78. The molecule has 0 fully saturated rings. The van der Waals surface area contributed by atoms with Crippen molar-refractivity contribution in [3.63, 3.8) is 0 Å². The molecule has 0 aromatic heterocycles. The van der Waals surface area contributed by atoms with Crippen LogP contribution in [0.5, 0.6) is 0 Å². The van der Waals surface area contributed by atoms with E-state index in [-0.39, 0.29) is 25.2 Å². The van der Waals surface area contributed by atoms with E-state index >= 15 is 0 Å². The van der Waals surface area contributed by atoms with Gasteiger partial charge in [-0.2, -0.15) is 0 Å². The van der Waals surface area contributed by atoms with E-state index in [2.05, 4.69) is 30.3 Å². The number of amides is 1. The number of benzene rings is 2. The van der Waals surface area contributed by atoms with E-state index in [1.54, 1.807) is 11.0 Å². The number of hydrogen-bond donors (Lipinski definition) is 0. The highest BCUT2D eigenvalue weighted by molar-refractivity contribution is 5.79. The largest absolute Gasteiger partial charge is 0.464 e. The summed E-state index contributed by atoms with van der Waals surface area (Å²) < 4.78 is 16.9. The number of allylic oxidation sites excluding steroid dienone is 1. The fourth-order valence-corrected chi connectivity index (χ4v) is 6.01. The van der Waals surface area contributed by atoms with E-state index in [4.69, 9.17) is 14.2 Å². The second-order valence-corrected chi connectivity index (χ2v) is 10.4. The van der Waals surface area contributed by atoms with Crippen LogP contribution in [0, 0.1) is 0 Å². The molecule has 2 aliphatic carbocycles. The molecule has 204 valence electrons. The van der Waals surface area contributed by atoms with Crippen LogP contribution in [-0.2, 0) is 23.8 Å². The van der Waals surface area contributed by atoms with E-state index in [9.17, 15) is 14.4 Å². The minimum atomic E-state index is -0.751. The van der Waals surface area contributed by atoms with E-state index in [0.717, 1.165) is 41.5 Å². The average Bonchev–Trinajstić information content (AvgIpc) is 3.25. The second-order valence-electron chi connectivity index (χ2n) is 10.4. The molecule has 7 nitrogen and oxygen atoms in total. The van der Waals surface area contributed by atoms with E-state index < -0.39 is 30.2 Å². The van der Waals surface area contributed by atoms with Crippen LogP contribution in [0.1, 0.15) is 63.0 Å². The molecular formula is C32H35NO6. The lowest BCUT2D eigenvalue weighted by molar-refractivity contribution is -0.152. The van der Waals surface area contributed by atoms with Crippen LogP contribution in [0.25, 0.3) is 11.1 Å². The summed E-state index contributed by atoms with van der Waals surface area (Å²) in [7, 11) is 0. The number of nitrogens with zero attached hydrogens (tertiary/aromatic N) is 1. The van der Waals surface area contributed by atoms with Crippen LogP contribution < -0.4 is 0 Å². The van der Waals surface area contributed by atoms with Crippen LogP contribution in [0.15, 0.2) is 72.3 Å². The van der Waals surface area contributed by atoms with Crippen molar-refractivity contribution < 1.29 is 28.6 Å². The van der Waals surface area contributed by atoms with Gasteiger partial charge in [-0.15, -0.1) is 0 Å². The average molecular weight is 530 g/mol. The minimum Gasteiger partial charge on any atom is -0.464 e. The monoisotopic (exact) mass is 529 g/mol. The molecule has 1 amide bonds. The molecule has 39 heavy (non-hydrogen) atoms. The van der Waals surface area contributed by atoms with Gasteiger partial charge < -0.3 is 14.2 Å². The zero-order chi connectivity index (χ0) is 27.4. The predicted octanol–water partition coefficient (Wildman–Crippen LogP) is 5.93. The van der Waals surface area contributed by atoms with Gasteiger partial charge in [0.05, 0.1) is 6.04 Å². The summed E-state index contributed by atoms with van der Waals surface area (Å²) in [6, 6.07) is 15.4. The SMILES string of the molecule is CC(=O)OC[C@@H]1[C@@H](OC(C)=O)C=C[C@@H](CC2=CCCCC2)N1C(=O)OCC1c2ccccc2-c2ccccc21. The Morgan fingerprint density at radius 3 is 2.15 bits per heavy atom. The summed E-state index contributed by atoms with van der Waals surface area (Å²) in [5.41, 5.74) is 5.86. The lowest BCUT2D eigenvalue weighted by Gasteiger charge is -2.42. The molecule has 5 rings (SSSR count). The Hall–Kier alpha value is -3.87. The molecule has 1 aliphatic heterocycles. The minimum absolute atomic E-state index is 0.0858. The highest BCUT2D eigenvalue weighted by Gasteiger charge is 2.41. The summed E-state index contributed by atoms with van der Waals surface area (Å²) in [6.45, 7) is 2.72. The zero-order valence-electron chi connectivity index (χ0n) is 22.5. The molecule has 0 N–H and O–H groups in total. The van der Waals surface area contributed by atoms with Crippen molar-refractivity contribution in [2.24, 2.45) is 0 Å². The maximum absolute atomic E-state index is 13.9. The first-order chi connectivity index (χ1) is 18.9. The second kappa shape index (κ2) is 11.9. The number of ether oxygens (including phenoxy) is 3. The lowest BCUT2D eigenvalue weighted by atomic mass is 9.90. The van der Waals surface area contributed by atoms with Gasteiger partial charge in [0.2, 0.25) is 0 Å². The van der Waals surface area contributed by atoms with Crippen molar-refractivity contribution >= 4 is 18.0 Å². The third-order valence-electron chi connectivity index (χ3n) is 7.78. The summed E-state index contributed by atoms with van der Waals surface area (Å²) in [5, 5.41) is 0. The van der Waals surface area contributed by atoms with Gasteiger partial charge in [-0.3, -0.25) is 14.5 Å². The maximum atomic E-state index is 13.9. The lowest BCUT2D eigenvalue weighted by Crippen LogP contribution is -2.57. The Bertz CT molecular complexity index is 1250. The van der Waals surface area contributed by atoms with Gasteiger partial charge in [-0.1, -0.05) is 66.3 Å². The molecular weight excluding hydrogens is 494 g/mol. The fraction of sp³-hybridized carbons (Fsp3) is 0.406. The first kappa shape index (κ1) is 26.7. The molecule has 2 aromatic rings. The van der Waals surface area contributed by atoms with E-state index in [1.807, 2.05) is 30.3 Å². The van der Waals surface area contributed by atoms with Crippen molar-refractivity contribution in [2.75, 3.05) is 13.2 Å². The quantitative estimate of drug-likeness (QED) is 0.251. The number of carbonyl (C=O) groups is 3. The molecule has 0 radical (unpaired) electrons. The number of fused-ring (bicyclic) bond motifs is 3. The van der Waals surface area contributed by atoms with Gasteiger partial charge in [0.1, 0.15) is 25.4 Å². The molecule has 0 bridgehead atoms. The molecule has 3 atom stereocenters. The van der Waals surface area contributed by atoms with Gasteiger partial charge in [0.25, 0.3) is 0 Å². The number of hydrogen-bond acceptors (Lipinski definition) is 6. The number of carbonyl (C=O) groups excluding carboxylic acids is 3. The molecule has 0 spiro atoms. The van der Waals surface area contributed by atoms with Gasteiger partial charge >= 0.3 is 18.0 Å². The van der Waals surface area contributed by atoms with Gasteiger partial charge in [0.15, 0.2) is 0 Å². The van der Waals surface area contributed by atoms with Gasteiger partial charge in [0, 0.05) is 19.8 Å². The van der Waals surface area contributed by atoms with Crippen molar-refractivity contribution in [2.45, 2.75) is 70.1 Å². The van der Waals surface area contributed by atoms with Crippen LogP contribution in [-0.4, -0.2) is 54.3 Å². The molecule has 0 saturated heterocycles. The normalized spacial score (nSPS) is 21.9. The molecule has 0 saturated carbocycles. The number of rotatable bonds is 7. The Kier molecular flexibility index (Phi) is 8.15. The molecule has 1 heterocycles. The first-order valence-electron chi connectivity index (χ1n) is 13.7. The topological polar surface area (TPSA) is 82.1 Å². The summed E-state index contributed by atoms with van der Waals surface area (Å²) in [6.07, 6.45) is 9.68. The maximum Gasteiger partial charge on any atom is 0.410 e. The zero-order valence-corrected chi connectivity index (χ0v) is 22.5. The van der Waals surface area contributed by atoms with Crippen molar-refractivity contribution in [1.82, 2.24) is 4.90 Å². The van der Waals surface area contributed by atoms with Crippen molar-refractivity contribution in [1.29, 1.82) is 0 Å². The van der Waals surface area contributed by atoms with Crippen molar-refractivity contribution in [3.05, 3.63) is 83.5 Å². The Balaban J connectivity index is 1.42. The first-order valence-corrected chi connectivity index (χ1v) is 13.7. The van der Waals surface area contributed by atoms with Crippen LogP contribution in [0.2, 0.25) is 0 Å². The van der Waals surface area contributed by atoms with Crippen LogP contribution >= 0.6 is 0 Å². The van der Waals surface area contributed by atoms with Crippen molar-refractivity contribution in [3.8, 4) is 11.1 Å². The molecule has 3 aliphatic rings. The Morgan fingerprint density at radius 2 is 1.54 bits per heavy atom. The smallest absolute Gasteiger partial charge is 0.410 e. The molecule has 0 unspecified atom stereocenters. The van der Waals surface area contributed by atoms with Crippen LogP contribution in [0.4, 0.5) is 4.79 Å². The Morgan fingerprint density at radius 1 is 0.846 bits per heavy atom. The molecule has 2 aromatic carbocycles. The van der Waals surface area contributed by atoms with Gasteiger partial charge in [-0.05, 0) is 60.4 Å². The Labute approximate surface area is 229 Å². The number of esters is 2. The summed E-state index contributed by atoms with van der Waals surface area (Å²) in [4.78, 5) is 39.1.